The second kappa shape index (κ2) is 7.94. The Kier molecular flexibility index (Phi) is 5.45. The fraction of sp³-hybridized carbons (Fsp3) is 0.278. The minimum atomic E-state index is -0.593. The molecule has 1 atom stereocenters. The first-order chi connectivity index (χ1) is 12.1. The maximum Gasteiger partial charge on any atom is 0.267 e. The molecular formula is C18H19N3O3S. The average Bonchev–Trinajstić information content (AvgIpc) is 3.13. The molecule has 0 radical (unpaired) electrons. The van der Waals surface area contributed by atoms with E-state index in [4.69, 9.17) is 10.5 Å². The first kappa shape index (κ1) is 17.2. The summed E-state index contributed by atoms with van der Waals surface area (Å²) in [5.41, 5.74) is 5.40. The number of aromatic nitrogens is 1. The van der Waals surface area contributed by atoms with Crippen LogP contribution in [0.25, 0.3) is 6.08 Å². The van der Waals surface area contributed by atoms with Crippen LogP contribution in [0.5, 0.6) is 5.75 Å². The van der Waals surface area contributed by atoms with Crippen LogP contribution in [-0.4, -0.2) is 40.9 Å². The van der Waals surface area contributed by atoms with Crippen LogP contribution in [0.3, 0.4) is 0 Å². The Hall–Kier alpha value is -2.67. The van der Waals surface area contributed by atoms with Crippen molar-refractivity contribution in [2.75, 3.05) is 13.1 Å². The lowest BCUT2D eigenvalue weighted by Gasteiger charge is -2.32. The molecule has 2 aromatic heterocycles. The van der Waals surface area contributed by atoms with Crippen LogP contribution in [0.1, 0.15) is 28.2 Å². The summed E-state index contributed by atoms with van der Waals surface area (Å²) >= 11 is 1.59. The van der Waals surface area contributed by atoms with E-state index in [1.165, 1.54) is 12.3 Å². The van der Waals surface area contributed by atoms with E-state index in [0.717, 1.165) is 24.3 Å². The Morgan fingerprint density at radius 1 is 1.40 bits per heavy atom. The molecule has 2 N–H and O–H groups in total. The Balaban J connectivity index is 1.60. The first-order valence-corrected chi connectivity index (χ1v) is 8.93. The molecule has 6 nitrogen and oxygen atoms in total. The van der Waals surface area contributed by atoms with Crippen LogP contribution in [0, 0.1) is 0 Å². The molecule has 1 unspecified atom stereocenters. The molecule has 1 saturated heterocycles. The fourth-order valence-electron chi connectivity index (χ4n) is 2.69. The summed E-state index contributed by atoms with van der Waals surface area (Å²) in [5.74, 6) is -0.0731. The van der Waals surface area contributed by atoms with E-state index in [1.807, 2.05) is 23.6 Å². The van der Waals surface area contributed by atoms with Gasteiger partial charge in [-0.25, -0.2) is 0 Å². The lowest BCUT2D eigenvalue weighted by molar-refractivity contribution is -0.128. The molecule has 25 heavy (non-hydrogen) atoms. The number of piperidine rings is 1. The van der Waals surface area contributed by atoms with Crippen molar-refractivity contribution in [1.29, 1.82) is 0 Å². The zero-order chi connectivity index (χ0) is 17.6. The summed E-state index contributed by atoms with van der Waals surface area (Å²) in [4.78, 5) is 30.3. The molecule has 0 aromatic carbocycles. The van der Waals surface area contributed by atoms with Crippen molar-refractivity contribution in [3.63, 3.8) is 0 Å². The molecule has 0 aliphatic carbocycles. The molecule has 0 bridgehead atoms. The van der Waals surface area contributed by atoms with E-state index in [0.29, 0.717) is 12.3 Å². The van der Waals surface area contributed by atoms with Gasteiger partial charge in [0.05, 0.1) is 6.54 Å². The smallest absolute Gasteiger partial charge is 0.267 e. The lowest BCUT2D eigenvalue weighted by atomic mass is 10.1. The Bertz CT molecular complexity index is 774. The summed E-state index contributed by atoms with van der Waals surface area (Å²) in [5, 5.41) is 1.98. The summed E-state index contributed by atoms with van der Waals surface area (Å²) in [6.45, 7) is 1.23. The van der Waals surface area contributed by atoms with E-state index in [9.17, 15) is 9.59 Å². The maximum atomic E-state index is 12.4. The minimum Gasteiger partial charge on any atom is -0.488 e. The molecule has 3 heterocycles. The predicted molar refractivity (Wildman–Crippen MR) is 96.3 cm³/mol. The number of hydrogen-bond acceptors (Lipinski definition) is 5. The Morgan fingerprint density at radius 3 is 3.04 bits per heavy atom. The second-order valence-electron chi connectivity index (χ2n) is 5.76. The number of ether oxygens (including phenoxy) is 1. The van der Waals surface area contributed by atoms with Gasteiger partial charge in [0.1, 0.15) is 17.5 Å². The Morgan fingerprint density at radius 2 is 2.28 bits per heavy atom. The Labute approximate surface area is 149 Å². The van der Waals surface area contributed by atoms with Gasteiger partial charge in [0.25, 0.3) is 5.91 Å². The van der Waals surface area contributed by atoms with Crippen LogP contribution >= 0.6 is 11.3 Å². The van der Waals surface area contributed by atoms with E-state index in [1.54, 1.807) is 28.4 Å². The highest BCUT2D eigenvalue weighted by atomic mass is 32.1. The van der Waals surface area contributed by atoms with Crippen molar-refractivity contribution in [1.82, 2.24) is 9.88 Å². The molecule has 1 fully saturated rings. The highest BCUT2D eigenvalue weighted by Gasteiger charge is 2.24. The van der Waals surface area contributed by atoms with E-state index < -0.39 is 5.91 Å². The number of amides is 2. The topological polar surface area (TPSA) is 85.5 Å². The number of carbonyl (C=O) groups is 2. The molecule has 0 spiro atoms. The minimum absolute atomic E-state index is 0.0192. The number of likely N-dealkylation sites (tertiary alicyclic amines) is 1. The molecule has 3 rings (SSSR count). The van der Waals surface area contributed by atoms with Gasteiger partial charge in [0.2, 0.25) is 5.91 Å². The van der Waals surface area contributed by atoms with Gasteiger partial charge in [-0.2, -0.15) is 0 Å². The largest absolute Gasteiger partial charge is 0.488 e. The third-order valence-corrected chi connectivity index (χ3v) is 4.75. The summed E-state index contributed by atoms with van der Waals surface area (Å²) in [7, 11) is 0. The number of carbonyl (C=O) groups excluding carboxylic acids is 2. The molecule has 1 aliphatic rings. The van der Waals surface area contributed by atoms with Crippen molar-refractivity contribution in [2.24, 2.45) is 5.73 Å². The van der Waals surface area contributed by atoms with Gasteiger partial charge in [-0.1, -0.05) is 6.07 Å². The van der Waals surface area contributed by atoms with Crippen LogP contribution in [0.2, 0.25) is 0 Å². The maximum absolute atomic E-state index is 12.4. The molecule has 2 amide bonds. The average molecular weight is 357 g/mol. The van der Waals surface area contributed by atoms with E-state index in [-0.39, 0.29) is 17.7 Å². The predicted octanol–water partition coefficient (Wildman–Crippen LogP) is 2.33. The summed E-state index contributed by atoms with van der Waals surface area (Å²) in [6.07, 6.45) is 6.54. The zero-order valence-corrected chi connectivity index (χ0v) is 14.4. The van der Waals surface area contributed by atoms with Crippen LogP contribution in [0.4, 0.5) is 0 Å². The number of hydrogen-bond donors (Lipinski definition) is 1. The van der Waals surface area contributed by atoms with Gasteiger partial charge in [-0.15, -0.1) is 11.3 Å². The second-order valence-corrected chi connectivity index (χ2v) is 6.74. The monoisotopic (exact) mass is 357 g/mol. The quantitative estimate of drug-likeness (QED) is 0.832. The third kappa shape index (κ3) is 4.67. The normalized spacial score (nSPS) is 17.6. The van der Waals surface area contributed by atoms with Gasteiger partial charge in [-0.05, 0) is 36.4 Å². The van der Waals surface area contributed by atoms with Crippen LogP contribution in [0.15, 0.2) is 41.9 Å². The zero-order valence-electron chi connectivity index (χ0n) is 13.6. The highest BCUT2D eigenvalue weighted by Crippen LogP contribution is 2.19. The molecule has 2 aromatic rings. The van der Waals surface area contributed by atoms with E-state index in [2.05, 4.69) is 4.98 Å². The molecule has 1 aliphatic heterocycles. The van der Waals surface area contributed by atoms with Gasteiger partial charge in [-0.3, -0.25) is 14.6 Å². The summed E-state index contributed by atoms with van der Waals surface area (Å²) < 4.78 is 5.91. The van der Waals surface area contributed by atoms with Gasteiger partial charge in [0, 0.05) is 29.8 Å². The summed E-state index contributed by atoms with van der Waals surface area (Å²) in [6, 6.07) is 7.13. The number of rotatable bonds is 5. The molecule has 130 valence electrons. The molecular weight excluding hydrogens is 338 g/mol. The number of thiophene rings is 1. The van der Waals surface area contributed by atoms with Crippen molar-refractivity contribution in [3.8, 4) is 5.75 Å². The fourth-order valence-corrected chi connectivity index (χ4v) is 3.31. The number of pyridine rings is 1. The lowest BCUT2D eigenvalue weighted by Crippen LogP contribution is -2.43. The SMILES string of the molecule is NC(=O)c1cc(OC2CCCN(C(=O)/C=C/c3cccs3)C2)ccn1. The first-order valence-electron chi connectivity index (χ1n) is 8.05. The van der Waals surface area contributed by atoms with Crippen molar-refractivity contribution in [3.05, 3.63) is 52.5 Å². The number of nitrogens with zero attached hydrogens (tertiary/aromatic N) is 2. The van der Waals surface area contributed by atoms with Gasteiger partial charge < -0.3 is 15.4 Å². The van der Waals surface area contributed by atoms with Crippen molar-refractivity contribution in [2.45, 2.75) is 18.9 Å². The van der Waals surface area contributed by atoms with Crippen LogP contribution < -0.4 is 10.5 Å². The van der Waals surface area contributed by atoms with Gasteiger partial charge >= 0.3 is 0 Å². The van der Waals surface area contributed by atoms with E-state index >= 15 is 0 Å². The van der Waals surface area contributed by atoms with Crippen molar-refractivity contribution >= 4 is 29.2 Å². The third-order valence-electron chi connectivity index (χ3n) is 3.91. The standard InChI is InChI=1S/C18H19N3O3S/c19-18(23)16-11-13(7-8-20-16)24-14-3-1-9-21(12-14)17(22)6-5-15-4-2-10-25-15/h2,4-8,10-11,14H,1,3,9,12H2,(H2,19,23)/b6-5+. The molecule has 7 heteroatoms. The van der Waals surface area contributed by atoms with Gasteiger partial charge in [0.15, 0.2) is 0 Å². The number of primary amides is 1. The van der Waals surface area contributed by atoms with Crippen molar-refractivity contribution < 1.29 is 14.3 Å². The molecule has 0 saturated carbocycles. The van der Waals surface area contributed by atoms with Crippen LogP contribution in [-0.2, 0) is 4.79 Å². The highest BCUT2D eigenvalue weighted by molar-refractivity contribution is 7.10. The number of nitrogens with two attached hydrogens (primary N) is 1.